The summed E-state index contributed by atoms with van der Waals surface area (Å²) in [4.78, 5) is 24.0. The number of methoxy groups -OCH3 is 1. The minimum Gasteiger partial charge on any atom is -0.496 e. The van der Waals surface area contributed by atoms with Gasteiger partial charge in [0.2, 0.25) is 5.91 Å². The predicted molar refractivity (Wildman–Crippen MR) is 85.5 cm³/mol. The Morgan fingerprint density at radius 1 is 1.22 bits per heavy atom. The number of hydrogen-bond donors (Lipinski definition) is 2. The number of rotatable bonds is 4. The van der Waals surface area contributed by atoms with Crippen LogP contribution in [0.1, 0.15) is 27.4 Å². The maximum atomic E-state index is 12.0. The lowest BCUT2D eigenvalue weighted by molar-refractivity contribution is -0.121. The molecule has 0 bridgehead atoms. The second-order valence-corrected chi connectivity index (χ2v) is 5.40. The van der Waals surface area contributed by atoms with Crippen LogP contribution >= 0.6 is 11.6 Å². The average molecular weight is 337 g/mol. The average Bonchev–Trinajstić information content (AvgIpc) is 2.84. The number of aryl methyl sites for hydroxylation is 2. The number of carbonyl (C=O) groups is 2. The number of nitrogens with one attached hydrogen (secondary N) is 2. The summed E-state index contributed by atoms with van der Waals surface area (Å²) in [6.07, 6.45) is 0.0212. The van der Waals surface area contributed by atoms with Gasteiger partial charge in [-0.25, -0.2) is 0 Å². The summed E-state index contributed by atoms with van der Waals surface area (Å²) in [7, 11) is 1.51. The molecule has 1 aromatic heterocycles. The van der Waals surface area contributed by atoms with Gasteiger partial charge in [-0.3, -0.25) is 20.4 Å². The van der Waals surface area contributed by atoms with E-state index in [9.17, 15) is 9.59 Å². The fraction of sp³-hybridized carbons (Fsp3) is 0.250. The van der Waals surface area contributed by atoms with Crippen molar-refractivity contribution in [2.75, 3.05) is 7.11 Å². The standard InChI is InChI=1S/C16H17ClN2O4/c1-9-6-13(10(2)23-9)16(21)19-18-15(20)8-11-7-12(17)4-5-14(11)22-3/h4-7H,8H2,1-3H3,(H,18,20)(H,19,21). The molecule has 0 radical (unpaired) electrons. The molecule has 0 saturated carbocycles. The van der Waals surface area contributed by atoms with Gasteiger partial charge in [0.15, 0.2) is 0 Å². The van der Waals surface area contributed by atoms with E-state index in [1.54, 1.807) is 38.1 Å². The molecular weight excluding hydrogens is 320 g/mol. The van der Waals surface area contributed by atoms with Crippen LogP contribution in [0.5, 0.6) is 5.75 Å². The van der Waals surface area contributed by atoms with E-state index in [2.05, 4.69) is 10.9 Å². The highest BCUT2D eigenvalue weighted by Crippen LogP contribution is 2.22. The smallest absolute Gasteiger partial charge is 0.273 e. The van der Waals surface area contributed by atoms with E-state index in [1.807, 2.05) is 0 Å². The van der Waals surface area contributed by atoms with Crippen molar-refractivity contribution in [3.63, 3.8) is 0 Å². The third kappa shape index (κ3) is 4.26. The van der Waals surface area contributed by atoms with Crippen LogP contribution in [0.3, 0.4) is 0 Å². The summed E-state index contributed by atoms with van der Waals surface area (Å²) >= 11 is 5.92. The van der Waals surface area contributed by atoms with Crippen molar-refractivity contribution in [1.82, 2.24) is 10.9 Å². The molecule has 0 unspecified atom stereocenters. The van der Waals surface area contributed by atoms with Crippen LogP contribution in [0.15, 0.2) is 28.7 Å². The topological polar surface area (TPSA) is 80.6 Å². The normalized spacial score (nSPS) is 10.3. The van der Waals surface area contributed by atoms with Gasteiger partial charge in [0, 0.05) is 10.6 Å². The molecule has 7 heteroatoms. The van der Waals surface area contributed by atoms with Crippen molar-refractivity contribution in [1.29, 1.82) is 0 Å². The molecule has 2 rings (SSSR count). The minimum absolute atomic E-state index is 0.0212. The molecular formula is C16H17ClN2O4. The Morgan fingerprint density at radius 2 is 1.96 bits per heavy atom. The van der Waals surface area contributed by atoms with Gasteiger partial charge in [-0.2, -0.15) is 0 Å². The molecule has 2 amide bonds. The molecule has 2 aromatic rings. The summed E-state index contributed by atoms with van der Waals surface area (Å²) < 4.78 is 10.5. The summed E-state index contributed by atoms with van der Waals surface area (Å²) in [6, 6.07) is 6.61. The predicted octanol–water partition coefficient (Wildman–Crippen LogP) is 2.56. The van der Waals surface area contributed by atoms with Crippen LogP contribution in [-0.2, 0) is 11.2 Å². The fourth-order valence-electron chi connectivity index (χ4n) is 2.15. The van der Waals surface area contributed by atoms with E-state index < -0.39 is 11.8 Å². The molecule has 0 saturated heterocycles. The molecule has 122 valence electrons. The van der Waals surface area contributed by atoms with Gasteiger partial charge in [0.1, 0.15) is 17.3 Å². The number of carbonyl (C=O) groups excluding carboxylic acids is 2. The van der Waals surface area contributed by atoms with Crippen LogP contribution in [0.25, 0.3) is 0 Å². The van der Waals surface area contributed by atoms with Crippen LogP contribution in [0, 0.1) is 13.8 Å². The molecule has 1 heterocycles. The van der Waals surface area contributed by atoms with Gasteiger partial charge in [-0.05, 0) is 38.1 Å². The van der Waals surface area contributed by atoms with Crippen LogP contribution in [0.2, 0.25) is 5.02 Å². The molecule has 0 aliphatic heterocycles. The van der Waals surface area contributed by atoms with Gasteiger partial charge in [0.25, 0.3) is 5.91 Å². The SMILES string of the molecule is COc1ccc(Cl)cc1CC(=O)NNC(=O)c1cc(C)oc1C. The third-order valence-electron chi connectivity index (χ3n) is 3.19. The highest BCUT2D eigenvalue weighted by molar-refractivity contribution is 6.30. The minimum atomic E-state index is -0.439. The number of hydrogen-bond acceptors (Lipinski definition) is 4. The molecule has 23 heavy (non-hydrogen) atoms. The van der Waals surface area contributed by atoms with Crippen molar-refractivity contribution in [2.24, 2.45) is 0 Å². The lowest BCUT2D eigenvalue weighted by Crippen LogP contribution is -2.42. The second-order valence-electron chi connectivity index (χ2n) is 4.96. The van der Waals surface area contributed by atoms with Crippen molar-refractivity contribution in [3.05, 3.63) is 51.9 Å². The summed E-state index contributed by atoms with van der Waals surface area (Å²) in [6.45, 7) is 3.42. The first-order valence-electron chi connectivity index (χ1n) is 6.89. The Morgan fingerprint density at radius 3 is 2.57 bits per heavy atom. The quantitative estimate of drug-likeness (QED) is 0.841. The summed E-state index contributed by atoms with van der Waals surface area (Å²) in [5, 5.41) is 0.502. The number of hydrazine groups is 1. The van der Waals surface area contributed by atoms with E-state index in [-0.39, 0.29) is 6.42 Å². The number of ether oxygens (including phenoxy) is 1. The number of benzene rings is 1. The van der Waals surface area contributed by atoms with Gasteiger partial charge < -0.3 is 9.15 Å². The highest BCUT2D eigenvalue weighted by Gasteiger charge is 2.15. The molecule has 0 fully saturated rings. The molecule has 0 spiro atoms. The van der Waals surface area contributed by atoms with E-state index in [1.165, 1.54) is 7.11 Å². The summed E-state index contributed by atoms with van der Waals surface area (Å²) in [5.41, 5.74) is 5.72. The number of amides is 2. The van der Waals surface area contributed by atoms with Crippen molar-refractivity contribution < 1.29 is 18.7 Å². The lowest BCUT2D eigenvalue weighted by Gasteiger charge is -2.10. The molecule has 2 N–H and O–H groups in total. The maximum absolute atomic E-state index is 12.0. The van der Waals surface area contributed by atoms with Crippen LogP contribution in [-0.4, -0.2) is 18.9 Å². The maximum Gasteiger partial charge on any atom is 0.273 e. The second kappa shape index (κ2) is 7.19. The molecule has 0 aliphatic carbocycles. The number of furan rings is 1. The Bertz CT molecular complexity index is 740. The van der Waals surface area contributed by atoms with Crippen molar-refractivity contribution in [3.8, 4) is 5.75 Å². The Labute approximate surface area is 138 Å². The van der Waals surface area contributed by atoms with Gasteiger partial charge in [-0.15, -0.1) is 0 Å². The zero-order valence-corrected chi connectivity index (χ0v) is 13.8. The Hall–Kier alpha value is -2.47. The monoisotopic (exact) mass is 336 g/mol. The molecule has 0 aliphatic rings. The van der Waals surface area contributed by atoms with E-state index >= 15 is 0 Å². The first kappa shape index (κ1) is 16.9. The zero-order chi connectivity index (χ0) is 17.0. The van der Waals surface area contributed by atoms with Crippen molar-refractivity contribution in [2.45, 2.75) is 20.3 Å². The molecule has 0 atom stereocenters. The first-order valence-corrected chi connectivity index (χ1v) is 7.27. The van der Waals surface area contributed by atoms with E-state index in [0.29, 0.717) is 33.4 Å². The number of halogens is 1. The molecule has 1 aromatic carbocycles. The Kier molecular flexibility index (Phi) is 5.28. The van der Waals surface area contributed by atoms with Crippen molar-refractivity contribution >= 4 is 23.4 Å². The van der Waals surface area contributed by atoms with Gasteiger partial charge in [-0.1, -0.05) is 11.6 Å². The van der Waals surface area contributed by atoms with E-state index in [0.717, 1.165) is 0 Å². The summed E-state index contributed by atoms with van der Waals surface area (Å²) in [5.74, 6) is 0.841. The van der Waals surface area contributed by atoms with Gasteiger partial charge >= 0.3 is 0 Å². The van der Waals surface area contributed by atoms with E-state index in [4.69, 9.17) is 20.8 Å². The first-order chi connectivity index (χ1) is 10.9. The zero-order valence-electron chi connectivity index (χ0n) is 13.0. The van der Waals surface area contributed by atoms with Gasteiger partial charge in [0.05, 0.1) is 19.1 Å². The molecule has 6 nitrogen and oxygen atoms in total. The third-order valence-corrected chi connectivity index (χ3v) is 3.43. The lowest BCUT2D eigenvalue weighted by atomic mass is 10.1. The van der Waals surface area contributed by atoms with Crippen LogP contribution < -0.4 is 15.6 Å². The highest BCUT2D eigenvalue weighted by atomic mass is 35.5. The largest absolute Gasteiger partial charge is 0.496 e. The Balaban J connectivity index is 1.97. The fourth-order valence-corrected chi connectivity index (χ4v) is 2.35. The van der Waals surface area contributed by atoms with Crippen LogP contribution in [0.4, 0.5) is 0 Å².